The van der Waals surface area contributed by atoms with E-state index in [4.69, 9.17) is 4.74 Å². The first-order valence-electron chi connectivity index (χ1n) is 9.77. The van der Waals surface area contributed by atoms with Gasteiger partial charge < -0.3 is 9.64 Å². The highest BCUT2D eigenvalue weighted by Gasteiger charge is 2.41. The summed E-state index contributed by atoms with van der Waals surface area (Å²) in [7, 11) is 3.29. The Morgan fingerprint density at radius 1 is 0.903 bits per heavy atom. The number of hydrogen-bond acceptors (Lipinski definition) is 4. The molecule has 0 saturated carbocycles. The molecule has 1 heterocycles. The second kappa shape index (κ2) is 8.44. The monoisotopic (exact) mass is 416 g/mol. The Kier molecular flexibility index (Phi) is 5.54. The lowest BCUT2D eigenvalue weighted by Gasteiger charge is -2.21. The van der Waals surface area contributed by atoms with Crippen molar-refractivity contribution in [1.82, 2.24) is 4.90 Å². The van der Waals surface area contributed by atoms with Gasteiger partial charge in [-0.25, -0.2) is 9.29 Å². The van der Waals surface area contributed by atoms with Crippen molar-refractivity contribution in [2.75, 3.05) is 19.1 Å². The molecule has 0 bridgehead atoms. The maximum Gasteiger partial charge on any atom is 0.282 e. The molecule has 0 saturated heterocycles. The van der Waals surface area contributed by atoms with E-state index in [1.807, 2.05) is 30.3 Å². The minimum atomic E-state index is -0.459. The molecule has 3 aromatic carbocycles. The number of ether oxygens (including phenoxy) is 1. The molecule has 5 nitrogen and oxygen atoms in total. The Labute approximate surface area is 180 Å². The Balaban J connectivity index is 1.80. The molecule has 0 unspecified atom stereocenters. The number of methoxy groups -OCH3 is 1. The molecule has 6 heteroatoms. The van der Waals surface area contributed by atoms with E-state index in [9.17, 15) is 14.0 Å². The van der Waals surface area contributed by atoms with Crippen molar-refractivity contribution >= 4 is 23.1 Å². The summed E-state index contributed by atoms with van der Waals surface area (Å²) in [4.78, 5) is 29.8. The molecule has 0 atom stereocenters. The molecule has 0 aliphatic carbocycles. The van der Waals surface area contributed by atoms with Gasteiger partial charge in [-0.1, -0.05) is 48.5 Å². The Hall–Kier alpha value is -3.93. The molecule has 156 valence electrons. The van der Waals surface area contributed by atoms with E-state index in [1.165, 1.54) is 31.4 Å². The van der Waals surface area contributed by atoms with Gasteiger partial charge in [-0.3, -0.25) is 9.59 Å². The van der Waals surface area contributed by atoms with Crippen LogP contribution in [0.5, 0.6) is 5.75 Å². The van der Waals surface area contributed by atoms with Crippen LogP contribution in [-0.2, 0) is 16.1 Å². The first-order valence-corrected chi connectivity index (χ1v) is 9.77. The zero-order valence-electron chi connectivity index (χ0n) is 17.2. The Morgan fingerprint density at radius 2 is 1.61 bits per heavy atom. The van der Waals surface area contributed by atoms with Crippen molar-refractivity contribution in [3.05, 3.63) is 102 Å². The van der Waals surface area contributed by atoms with E-state index < -0.39 is 17.6 Å². The molecule has 0 aromatic heterocycles. The van der Waals surface area contributed by atoms with Crippen molar-refractivity contribution in [3.8, 4) is 5.75 Å². The number of anilines is 1. The van der Waals surface area contributed by atoms with Gasteiger partial charge in [0.25, 0.3) is 11.8 Å². The SMILES string of the molecule is COc1cccc(N2C(=O)C(c3ccc(F)cc3)=C(N(C)Cc3ccccc3)C2=O)c1. The third kappa shape index (κ3) is 3.92. The standard InChI is InChI=1S/C25H21FN2O3/c1-27(16-17-7-4-3-5-8-17)23-22(18-11-13-19(26)14-12-18)24(29)28(25(23)30)20-9-6-10-21(15-20)31-2/h3-15H,16H2,1-2H3. The van der Waals surface area contributed by atoms with Crippen molar-refractivity contribution in [3.63, 3.8) is 0 Å². The van der Waals surface area contributed by atoms with Crippen LogP contribution >= 0.6 is 0 Å². The fourth-order valence-corrected chi connectivity index (χ4v) is 3.67. The largest absolute Gasteiger partial charge is 0.497 e. The van der Waals surface area contributed by atoms with Crippen LogP contribution in [-0.4, -0.2) is 30.9 Å². The number of benzene rings is 3. The topological polar surface area (TPSA) is 49.9 Å². The quantitative estimate of drug-likeness (QED) is 0.564. The van der Waals surface area contributed by atoms with Crippen molar-refractivity contribution in [2.24, 2.45) is 0 Å². The molecule has 0 fully saturated rings. The molecule has 4 rings (SSSR count). The zero-order valence-corrected chi connectivity index (χ0v) is 17.2. The second-order valence-electron chi connectivity index (χ2n) is 7.22. The average molecular weight is 416 g/mol. The molecule has 3 aromatic rings. The third-order valence-electron chi connectivity index (χ3n) is 5.15. The minimum absolute atomic E-state index is 0.242. The summed E-state index contributed by atoms with van der Waals surface area (Å²) in [6, 6.07) is 22.0. The fourth-order valence-electron chi connectivity index (χ4n) is 3.67. The minimum Gasteiger partial charge on any atom is -0.497 e. The second-order valence-corrected chi connectivity index (χ2v) is 7.22. The van der Waals surface area contributed by atoms with E-state index in [1.54, 1.807) is 36.2 Å². The number of rotatable bonds is 6. The number of imide groups is 1. The number of likely N-dealkylation sites (N-methyl/N-ethyl adjacent to an activating group) is 1. The number of carbonyl (C=O) groups is 2. The molecular formula is C25H21FN2O3. The maximum atomic E-state index is 13.5. The molecule has 0 spiro atoms. The average Bonchev–Trinajstić information content (AvgIpc) is 3.05. The molecule has 1 aliphatic heterocycles. The van der Waals surface area contributed by atoms with Gasteiger partial charge in [0.05, 0.1) is 18.4 Å². The predicted molar refractivity (Wildman–Crippen MR) is 117 cm³/mol. The molecule has 0 N–H and O–H groups in total. The molecule has 2 amide bonds. The van der Waals surface area contributed by atoms with Gasteiger partial charge in [0, 0.05) is 19.7 Å². The summed E-state index contributed by atoms with van der Waals surface area (Å²) in [5.41, 5.74) is 2.41. The summed E-state index contributed by atoms with van der Waals surface area (Å²) < 4.78 is 18.8. The lowest BCUT2D eigenvalue weighted by molar-refractivity contribution is -0.120. The normalized spacial score (nSPS) is 13.7. The van der Waals surface area contributed by atoms with Gasteiger partial charge >= 0.3 is 0 Å². The van der Waals surface area contributed by atoms with Gasteiger partial charge in [0.15, 0.2) is 0 Å². The maximum absolute atomic E-state index is 13.5. The first-order chi connectivity index (χ1) is 15.0. The highest BCUT2D eigenvalue weighted by Crippen LogP contribution is 2.35. The summed E-state index contributed by atoms with van der Waals surface area (Å²) >= 11 is 0. The lowest BCUT2D eigenvalue weighted by Crippen LogP contribution is -2.34. The van der Waals surface area contributed by atoms with Crippen LogP contribution in [0.2, 0.25) is 0 Å². The van der Waals surface area contributed by atoms with E-state index >= 15 is 0 Å². The zero-order chi connectivity index (χ0) is 22.0. The van der Waals surface area contributed by atoms with E-state index in [0.717, 1.165) is 10.5 Å². The lowest BCUT2D eigenvalue weighted by atomic mass is 10.0. The summed E-state index contributed by atoms with van der Waals surface area (Å²) in [6.07, 6.45) is 0. The first kappa shape index (κ1) is 20.3. The highest BCUT2D eigenvalue weighted by molar-refractivity contribution is 6.45. The number of nitrogens with zero attached hydrogens (tertiary/aromatic N) is 2. The molecule has 1 aliphatic rings. The number of amides is 2. The van der Waals surface area contributed by atoms with Crippen molar-refractivity contribution in [1.29, 1.82) is 0 Å². The van der Waals surface area contributed by atoms with E-state index in [2.05, 4.69) is 0 Å². The highest BCUT2D eigenvalue weighted by atomic mass is 19.1. The summed E-state index contributed by atoms with van der Waals surface area (Å²) in [5, 5.41) is 0. The third-order valence-corrected chi connectivity index (χ3v) is 5.15. The van der Waals surface area contributed by atoms with Gasteiger partial charge in [0.2, 0.25) is 0 Å². The van der Waals surface area contributed by atoms with Gasteiger partial charge in [-0.05, 0) is 35.4 Å². The van der Waals surface area contributed by atoms with Gasteiger partial charge in [0.1, 0.15) is 17.3 Å². The van der Waals surface area contributed by atoms with E-state index in [0.29, 0.717) is 23.5 Å². The number of halogens is 1. The van der Waals surface area contributed by atoms with Crippen LogP contribution < -0.4 is 9.64 Å². The van der Waals surface area contributed by atoms with Crippen LogP contribution in [0.4, 0.5) is 10.1 Å². The Bertz CT molecular complexity index is 1160. The van der Waals surface area contributed by atoms with Crippen molar-refractivity contribution < 1.29 is 18.7 Å². The van der Waals surface area contributed by atoms with Crippen LogP contribution in [0, 0.1) is 5.82 Å². The van der Waals surface area contributed by atoms with Gasteiger partial charge in [-0.2, -0.15) is 0 Å². The Morgan fingerprint density at radius 3 is 2.29 bits per heavy atom. The number of hydrogen-bond donors (Lipinski definition) is 0. The number of carbonyl (C=O) groups excluding carboxylic acids is 2. The van der Waals surface area contributed by atoms with E-state index in [-0.39, 0.29) is 11.3 Å². The molecule has 0 radical (unpaired) electrons. The van der Waals surface area contributed by atoms with Crippen LogP contribution in [0.25, 0.3) is 5.57 Å². The van der Waals surface area contributed by atoms with Crippen LogP contribution in [0.1, 0.15) is 11.1 Å². The smallest absolute Gasteiger partial charge is 0.282 e. The predicted octanol–water partition coefficient (Wildman–Crippen LogP) is 4.25. The summed E-state index contributed by atoms with van der Waals surface area (Å²) in [5.74, 6) is -0.770. The van der Waals surface area contributed by atoms with Crippen LogP contribution in [0.3, 0.4) is 0 Å². The molecular weight excluding hydrogens is 395 g/mol. The molecule has 31 heavy (non-hydrogen) atoms. The summed E-state index contributed by atoms with van der Waals surface area (Å²) in [6.45, 7) is 0.436. The van der Waals surface area contributed by atoms with Crippen LogP contribution in [0.15, 0.2) is 84.6 Å². The fraction of sp³-hybridized carbons (Fsp3) is 0.120. The van der Waals surface area contributed by atoms with Gasteiger partial charge in [-0.15, -0.1) is 0 Å². The van der Waals surface area contributed by atoms with Crippen molar-refractivity contribution in [2.45, 2.75) is 6.54 Å².